The number of ether oxygens (including phenoxy) is 1. The van der Waals surface area contributed by atoms with E-state index in [1.807, 2.05) is 0 Å². The standard InChI is InChI=1S/C18H14BrCl2FN2O4/c1-28-17(25)18(6-7-2-3-8(18)4-7)11-9-5-10(20)12(19)13(22)14(9)23-16(21)15(11)24(26)27/h5,7-8H,2-4,6H2,1H3. The maximum Gasteiger partial charge on any atom is 0.316 e. The van der Waals surface area contributed by atoms with Crippen LogP contribution >= 0.6 is 39.1 Å². The summed E-state index contributed by atoms with van der Waals surface area (Å²) in [5.74, 6) is -1.29. The molecule has 2 aromatic rings. The molecule has 0 N–H and O–H groups in total. The third-order valence-electron chi connectivity index (χ3n) is 6.08. The average Bonchev–Trinajstić information content (AvgIpc) is 3.27. The number of hydrogen-bond donors (Lipinski definition) is 0. The predicted octanol–water partition coefficient (Wildman–Crippen LogP) is 5.58. The lowest BCUT2D eigenvalue weighted by molar-refractivity contribution is -0.386. The number of carbonyl (C=O) groups excluding carboxylic acids is 1. The van der Waals surface area contributed by atoms with Gasteiger partial charge in [0.05, 0.1) is 27.1 Å². The number of fused-ring (bicyclic) bond motifs is 3. The maximum absolute atomic E-state index is 14.9. The molecule has 2 fully saturated rings. The van der Waals surface area contributed by atoms with Crippen molar-refractivity contribution in [3.8, 4) is 0 Å². The lowest BCUT2D eigenvalue weighted by Gasteiger charge is -2.35. The van der Waals surface area contributed by atoms with E-state index in [9.17, 15) is 19.3 Å². The molecule has 1 aromatic carbocycles. The first-order valence-electron chi connectivity index (χ1n) is 8.62. The lowest BCUT2D eigenvalue weighted by atomic mass is 9.67. The SMILES string of the molecule is COC(=O)C1(c2c([N+](=O)[O-])c(Cl)nc3c(F)c(Br)c(Cl)cc23)CC2CCC1C2. The van der Waals surface area contributed by atoms with Crippen molar-refractivity contribution in [2.75, 3.05) is 7.11 Å². The topological polar surface area (TPSA) is 82.3 Å². The molecule has 0 aliphatic heterocycles. The van der Waals surface area contributed by atoms with Crippen molar-refractivity contribution < 1.29 is 18.8 Å². The molecule has 0 radical (unpaired) electrons. The number of rotatable bonds is 3. The van der Waals surface area contributed by atoms with Crippen LogP contribution in [0.2, 0.25) is 10.2 Å². The fourth-order valence-electron chi connectivity index (χ4n) is 5.06. The van der Waals surface area contributed by atoms with Gasteiger partial charge in [-0.1, -0.05) is 29.6 Å². The first-order chi connectivity index (χ1) is 13.2. The molecule has 148 valence electrons. The number of hydrogen-bond acceptors (Lipinski definition) is 5. The smallest absolute Gasteiger partial charge is 0.316 e. The molecule has 2 aliphatic rings. The van der Waals surface area contributed by atoms with E-state index in [-0.39, 0.29) is 37.8 Å². The highest BCUT2D eigenvalue weighted by atomic mass is 79.9. The summed E-state index contributed by atoms with van der Waals surface area (Å²) in [6, 6.07) is 1.40. The van der Waals surface area contributed by atoms with Gasteiger partial charge >= 0.3 is 11.7 Å². The number of carbonyl (C=O) groups is 1. The Hall–Kier alpha value is -1.51. The van der Waals surface area contributed by atoms with Gasteiger partial charge in [-0.05, 0) is 53.1 Å². The van der Waals surface area contributed by atoms with Crippen molar-refractivity contribution in [3.63, 3.8) is 0 Å². The summed E-state index contributed by atoms with van der Waals surface area (Å²) in [5.41, 5.74) is -1.90. The van der Waals surface area contributed by atoms with Gasteiger partial charge in [-0.2, -0.15) is 0 Å². The van der Waals surface area contributed by atoms with Gasteiger partial charge in [0.25, 0.3) is 0 Å². The van der Waals surface area contributed by atoms with Gasteiger partial charge in [-0.25, -0.2) is 9.37 Å². The Bertz CT molecular complexity index is 1050. The largest absolute Gasteiger partial charge is 0.468 e. The Balaban J connectivity index is 2.19. The molecule has 1 heterocycles. The van der Waals surface area contributed by atoms with Crippen LogP contribution in [0.5, 0.6) is 0 Å². The van der Waals surface area contributed by atoms with Crippen molar-refractivity contribution >= 4 is 61.7 Å². The Morgan fingerprint density at radius 2 is 2.18 bits per heavy atom. The minimum absolute atomic E-state index is 0.0212. The van der Waals surface area contributed by atoms with Crippen LogP contribution in [-0.4, -0.2) is 23.0 Å². The highest BCUT2D eigenvalue weighted by Crippen LogP contribution is 2.61. The van der Waals surface area contributed by atoms with Crippen LogP contribution in [0.1, 0.15) is 31.2 Å². The summed E-state index contributed by atoms with van der Waals surface area (Å²) in [6.07, 6.45) is 2.80. The van der Waals surface area contributed by atoms with Gasteiger partial charge in [-0.15, -0.1) is 0 Å². The summed E-state index contributed by atoms with van der Waals surface area (Å²) in [7, 11) is 1.25. The molecule has 3 atom stereocenters. The monoisotopic (exact) mass is 490 g/mol. The number of halogens is 4. The molecule has 2 bridgehead atoms. The molecular formula is C18H14BrCl2FN2O4. The van der Waals surface area contributed by atoms with E-state index >= 15 is 0 Å². The van der Waals surface area contributed by atoms with E-state index < -0.39 is 33.0 Å². The summed E-state index contributed by atoms with van der Waals surface area (Å²) in [5, 5.41) is 11.6. The van der Waals surface area contributed by atoms with Crippen LogP contribution in [0, 0.1) is 27.8 Å². The fourth-order valence-corrected chi connectivity index (χ4v) is 5.80. The van der Waals surface area contributed by atoms with Gasteiger partial charge in [0.1, 0.15) is 10.9 Å². The van der Waals surface area contributed by atoms with Crippen LogP contribution in [0.15, 0.2) is 10.5 Å². The lowest BCUT2D eigenvalue weighted by Crippen LogP contribution is -2.42. The number of esters is 1. The highest BCUT2D eigenvalue weighted by Gasteiger charge is 2.60. The number of benzene rings is 1. The molecule has 0 spiro atoms. The molecule has 6 nitrogen and oxygen atoms in total. The second-order valence-corrected chi connectivity index (χ2v) is 8.87. The van der Waals surface area contributed by atoms with Crippen LogP contribution in [-0.2, 0) is 14.9 Å². The minimum atomic E-state index is -1.28. The molecule has 28 heavy (non-hydrogen) atoms. The fraction of sp³-hybridized carbons (Fsp3) is 0.444. The van der Waals surface area contributed by atoms with Gasteiger partial charge in [0, 0.05) is 5.39 Å². The van der Waals surface area contributed by atoms with Crippen molar-refractivity contribution in [3.05, 3.63) is 42.2 Å². The highest BCUT2D eigenvalue weighted by molar-refractivity contribution is 9.10. The molecule has 1 aromatic heterocycles. The van der Waals surface area contributed by atoms with Crippen molar-refractivity contribution in [1.82, 2.24) is 4.98 Å². The zero-order valence-electron chi connectivity index (χ0n) is 14.6. The van der Waals surface area contributed by atoms with E-state index in [2.05, 4.69) is 20.9 Å². The van der Waals surface area contributed by atoms with E-state index in [4.69, 9.17) is 27.9 Å². The third-order valence-corrected chi connectivity index (χ3v) is 7.64. The first kappa shape index (κ1) is 19.8. The summed E-state index contributed by atoms with van der Waals surface area (Å²) in [4.78, 5) is 28.2. The maximum atomic E-state index is 14.9. The van der Waals surface area contributed by atoms with Crippen LogP contribution < -0.4 is 0 Å². The number of nitrogens with zero attached hydrogens (tertiary/aromatic N) is 2. The summed E-state index contributed by atoms with van der Waals surface area (Å²) in [6.45, 7) is 0. The van der Waals surface area contributed by atoms with Crippen LogP contribution in [0.25, 0.3) is 10.9 Å². The minimum Gasteiger partial charge on any atom is -0.468 e. The Morgan fingerprint density at radius 3 is 2.71 bits per heavy atom. The first-order valence-corrected chi connectivity index (χ1v) is 10.2. The van der Waals surface area contributed by atoms with E-state index in [0.29, 0.717) is 6.42 Å². The Labute approximate surface area is 177 Å². The molecule has 2 aliphatic carbocycles. The van der Waals surface area contributed by atoms with Gasteiger partial charge < -0.3 is 4.74 Å². The van der Waals surface area contributed by atoms with Gasteiger partial charge in [-0.3, -0.25) is 14.9 Å². The molecule has 3 unspecified atom stereocenters. The van der Waals surface area contributed by atoms with Crippen molar-refractivity contribution in [2.45, 2.75) is 31.1 Å². The quantitative estimate of drug-likeness (QED) is 0.184. The van der Waals surface area contributed by atoms with Crippen molar-refractivity contribution in [2.24, 2.45) is 11.8 Å². The summed E-state index contributed by atoms with van der Waals surface area (Å²) < 4.78 is 20.0. The van der Waals surface area contributed by atoms with E-state index in [1.54, 1.807) is 0 Å². The zero-order chi connectivity index (χ0) is 20.4. The zero-order valence-corrected chi connectivity index (χ0v) is 17.7. The molecule has 2 saturated carbocycles. The number of pyridine rings is 1. The second-order valence-electron chi connectivity index (χ2n) is 7.31. The molecular weight excluding hydrogens is 478 g/mol. The average molecular weight is 492 g/mol. The summed E-state index contributed by atoms with van der Waals surface area (Å²) >= 11 is 15.3. The Kier molecular flexibility index (Phi) is 4.79. The number of aromatic nitrogens is 1. The normalized spacial score (nSPS) is 26.0. The number of methoxy groups -OCH3 is 1. The molecule has 0 amide bonds. The molecule has 10 heteroatoms. The number of nitro groups is 1. The Morgan fingerprint density at radius 1 is 1.46 bits per heavy atom. The predicted molar refractivity (Wildman–Crippen MR) is 105 cm³/mol. The van der Waals surface area contributed by atoms with Crippen LogP contribution in [0.4, 0.5) is 10.1 Å². The van der Waals surface area contributed by atoms with Gasteiger partial charge in [0.2, 0.25) is 5.15 Å². The van der Waals surface area contributed by atoms with E-state index in [0.717, 1.165) is 19.3 Å². The van der Waals surface area contributed by atoms with E-state index in [1.165, 1.54) is 13.2 Å². The van der Waals surface area contributed by atoms with Gasteiger partial charge in [0.15, 0.2) is 5.82 Å². The second kappa shape index (κ2) is 6.78. The van der Waals surface area contributed by atoms with Crippen molar-refractivity contribution in [1.29, 1.82) is 0 Å². The molecule has 0 saturated heterocycles. The van der Waals surface area contributed by atoms with Crippen LogP contribution in [0.3, 0.4) is 0 Å². The third kappa shape index (κ3) is 2.57. The molecule has 4 rings (SSSR count).